The third-order valence-electron chi connectivity index (χ3n) is 13.1. The second-order valence-corrected chi connectivity index (χ2v) is 14.7. The Labute approximate surface area is 210 Å². The lowest BCUT2D eigenvalue weighted by atomic mass is 9.32. The lowest BCUT2D eigenvalue weighted by Crippen LogP contribution is -2.69. The molecule has 0 amide bonds. The highest BCUT2D eigenvalue weighted by Gasteiger charge is 2.72. The molecule has 3 N–H and O–H groups in total. The minimum atomic E-state index is -1.09. The van der Waals surface area contributed by atoms with Crippen molar-refractivity contribution < 1.29 is 24.9 Å². The Morgan fingerprint density at radius 2 is 1.69 bits per heavy atom. The summed E-state index contributed by atoms with van der Waals surface area (Å²) in [5.41, 5.74) is -2.15. The molecule has 35 heavy (non-hydrogen) atoms. The summed E-state index contributed by atoms with van der Waals surface area (Å²) >= 11 is 0. The number of aliphatic carboxylic acids is 1. The first-order valence-electron chi connectivity index (χ1n) is 13.9. The van der Waals surface area contributed by atoms with E-state index in [9.17, 15) is 24.9 Å². The molecule has 0 aromatic rings. The van der Waals surface area contributed by atoms with E-state index >= 15 is 0 Å². The lowest BCUT2D eigenvalue weighted by molar-refractivity contribution is -0.228. The van der Waals surface area contributed by atoms with Crippen molar-refractivity contribution in [2.24, 2.45) is 50.7 Å². The van der Waals surface area contributed by atoms with Gasteiger partial charge in [0.25, 0.3) is 0 Å². The van der Waals surface area contributed by atoms with Crippen LogP contribution >= 0.6 is 0 Å². The number of carbonyl (C=O) groups is 2. The van der Waals surface area contributed by atoms with Gasteiger partial charge in [0.15, 0.2) is 0 Å². The number of fused-ring (bicyclic) bond motifs is 7. The average Bonchev–Trinajstić information content (AvgIpc) is 2.74. The smallest absolute Gasteiger partial charge is 0.310 e. The molecule has 3 unspecified atom stereocenters. The van der Waals surface area contributed by atoms with E-state index in [1.807, 2.05) is 20.8 Å². The van der Waals surface area contributed by atoms with Gasteiger partial charge in [-0.05, 0) is 80.0 Å². The number of aliphatic hydroxyl groups is 2. The van der Waals surface area contributed by atoms with Crippen molar-refractivity contribution >= 4 is 11.8 Å². The normalized spacial score (nSPS) is 55.1. The summed E-state index contributed by atoms with van der Waals surface area (Å²) in [4.78, 5) is 25.8. The van der Waals surface area contributed by atoms with Crippen LogP contribution in [0.25, 0.3) is 0 Å². The number of carbonyl (C=O) groups excluding carboxylic acids is 1. The molecule has 5 aliphatic carbocycles. The highest BCUT2D eigenvalue weighted by Crippen LogP contribution is 2.75. The average molecular weight is 487 g/mol. The van der Waals surface area contributed by atoms with Gasteiger partial charge in [-0.2, -0.15) is 0 Å². The maximum Gasteiger partial charge on any atom is 0.310 e. The Balaban J connectivity index is 1.67. The Morgan fingerprint density at radius 1 is 1.03 bits per heavy atom. The zero-order chi connectivity index (χ0) is 26.0. The third kappa shape index (κ3) is 2.83. The molecule has 5 aliphatic rings. The number of rotatable bonds is 1. The predicted molar refractivity (Wildman–Crippen MR) is 134 cm³/mol. The quantitative estimate of drug-likeness (QED) is 0.432. The Bertz CT molecular complexity index is 995. The van der Waals surface area contributed by atoms with Crippen molar-refractivity contribution in [3.8, 4) is 0 Å². The molecule has 5 nitrogen and oxygen atoms in total. The Morgan fingerprint density at radius 3 is 2.31 bits per heavy atom. The molecule has 0 aromatic carbocycles. The van der Waals surface area contributed by atoms with Crippen LogP contribution in [0, 0.1) is 50.7 Å². The van der Waals surface area contributed by atoms with E-state index < -0.39 is 34.4 Å². The third-order valence-corrected chi connectivity index (χ3v) is 13.1. The minimum absolute atomic E-state index is 0.0257. The van der Waals surface area contributed by atoms with Crippen molar-refractivity contribution in [3.63, 3.8) is 0 Å². The van der Waals surface area contributed by atoms with Crippen molar-refractivity contribution in [3.05, 3.63) is 11.6 Å². The van der Waals surface area contributed by atoms with Gasteiger partial charge in [0.05, 0.1) is 17.1 Å². The summed E-state index contributed by atoms with van der Waals surface area (Å²) in [6.45, 7) is 14.9. The Hall–Kier alpha value is -1.20. The van der Waals surface area contributed by atoms with E-state index in [4.69, 9.17) is 0 Å². The van der Waals surface area contributed by atoms with Gasteiger partial charge in [0.1, 0.15) is 5.78 Å². The lowest BCUT2D eigenvalue weighted by Gasteiger charge is -2.72. The number of ketones is 1. The van der Waals surface area contributed by atoms with Crippen LogP contribution in [0.15, 0.2) is 11.6 Å². The van der Waals surface area contributed by atoms with Crippen LogP contribution in [0.4, 0.5) is 0 Å². The SMILES string of the molecule is C[C@@H]1CC[C@]2(C(=O)O)CC[C@]3(C)C(=CCC4[C@@]5(C)CCC(=O)C(C)(C)C5[C@H](O)C[C@]43C)C2[C@]1(C)O. The zero-order valence-electron chi connectivity index (χ0n) is 22.8. The molecule has 0 bridgehead atoms. The first-order chi connectivity index (χ1) is 16.0. The van der Waals surface area contributed by atoms with E-state index in [2.05, 4.69) is 33.8 Å². The van der Waals surface area contributed by atoms with Crippen LogP contribution in [-0.2, 0) is 9.59 Å². The predicted octanol–water partition coefficient (Wildman–Crippen LogP) is 5.38. The summed E-state index contributed by atoms with van der Waals surface area (Å²) in [6.07, 6.45) is 7.18. The highest BCUT2D eigenvalue weighted by molar-refractivity contribution is 5.85. The monoisotopic (exact) mass is 486 g/mol. The molecule has 5 rings (SSSR count). The van der Waals surface area contributed by atoms with E-state index in [-0.39, 0.29) is 33.9 Å². The fraction of sp³-hybridized carbons (Fsp3) is 0.867. The number of carboxylic acid groups (broad SMARTS) is 1. The molecule has 0 aliphatic heterocycles. The molecule has 0 heterocycles. The maximum atomic E-state index is 12.9. The van der Waals surface area contributed by atoms with Crippen LogP contribution in [0.5, 0.6) is 0 Å². The number of carboxylic acids is 1. The first kappa shape index (κ1) is 25.4. The number of hydrogen-bond donors (Lipinski definition) is 3. The molecule has 4 saturated carbocycles. The number of Topliss-reactive ketones (excluding diaryl/α,β-unsaturated/α-hetero) is 1. The molecule has 0 radical (unpaired) electrons. The molecule has 4 fully saturated rings. The van der Waals surface area contributed by atoms with E-state index in [1.165, 1.54) is 0 Å². The number of aliphatic hydroxyl groups excluding tert-OH is 1. The number of hydrogen-bond acceptors (Lipinski definition) is 4. The zero-order valence-corrected chi connectivity index (χ0v) is 22.8. The van der Waals surface area contributed by atoms with Gasteiger partial charge in [0, 0.05) is 23.7 Å². The topological polar surface area (TPSA) is 94.8 Å². The molecule has 0 spiro atoms. The molecule has 5 heteroatoms. The molecule has 10 atom stereocenters. The van der Waals surface area contributed by atoms with E-state index in [1.54, 1.807) is 0 Å². The van der Waals surface area contributed by atoms with Gasteiger partial charge in [-0.25, -0.2) is 0 Å². The summed E-state index contributed by atoms with van der Waals surface area (Å²) in [5, 5.41) is 34.1. The van der Waals surface area contributed by atoms with Crippen LogP contribution in [-0.4, -0.2) is 38.8 Å². The summed E-state index contributed by atoms with van der Waals surface area (Å²) in [5.74, 6) is -0.678. The van der Waals surface area contributed by atoms with Gasteiger partial charge < -0.3 is 15.3 Å². The molecule has 0 aromatic heterocycles. The fourth-order valence-electron chi connectivity index (χ4n) is 10.8. The van der Waals surface area contributed by atoms with Crippen molar-refractivity contribution in [1.82, 2.24) is 0 Å². The highest BCUT2D eigenvalue weighted by atomic mass is 16.4. The van der Waals surface area contributed by atoms with Crippen molar-refractivity contribution in [2.45, 2.75) is 112 Å². The Kier molecular flexibility index (Phi) is 5.25. The van der Waals surface area contributed by atoms with Crippen LogP contribution in [0.1, 0.15) is 99.8 Å². The second-order valence-electron chi connectivity index (χ2n) is 14.7. The summed E-state index contributed by atoms with van der Waals surface area (Å²) < 4.78 is 0. The first-order valence-corrected chi connectivity index (χ1v) is 13.9. The van der Waals surface area contributed by atoms with Crippen LogP contribution in [0.3, 0.4) is 0 Å². The molecule has 0 saturated heterocycles. The summed E-state index contributed by atoms with van der Waals surface area (Å²) in [6, 6.07) is 0. The van der Waals surface area contributed by atoms with E-state index in [0.717, 1.165) is 31.3 Å². The molecular weight excluding hydrogens is 440 g/mol. The molecule has 196 valence electrons. The maximum absolute atomic E-state index is 12.9. The van der Waals surface area contributed by atoms with Gasteiger partial charge >= 0.3 is 5.97 Å². The molecular formula is C30H46O5. The fourth-order valence-corrected chi connectivity index (χ4v) is 10.8. The van der Waals surface area contributed by atoms with Gasteiger partial charge in [-0.3, -0.25) is 9.59 Å². The number of allylic oxidation sites excluding steroid dienone is 1. The second kappa shape index (κ2) is 7.22. The van der Waals surface area contributed by atoms with Crippen molar-refractivity contribution in [1.29, 1.82) is 0 Å². The standard InChI is InChI=1S/C30H46O5/c1-17-10-13-30(24(33)34)15-14-27(5)18(22(30)29(17,7)35)8-9-20-26(4)12-11-21(32)25(2,3)23(26)19(31)16-28(20,27)6/h8,17,19-20,22-23,31,35H,9-16H2,1-7H3,(H,33,34)/t17-,19-,20?,22?,23?,26-,27-,28-,29-,30+/m1/s1. The van der Waals surface area contributed by atoms with Crippen molar-refractivity contribution in [2.75, 3.05) is 0 Å². The minimum Gasteiger partial charge on any atom is -0.481 e. The van der Waals surface area contributed by atoms with E-state index in [0.29, 0.717) is 31.6 Å². The van der Waals surface area contributed by atoms with Crippen LogP contribution < -0.4 is 0 Å². The largest absolute Gasteiger partial charge is 0.481 e. The van der Waals surface area contributed by atoms with Crippen LogP contribution in [0.2, 0.25) is 0 Å². The summed E-state index contributed by atoms with van der Waals surface area (Å²) in [7, 11) is 0. The van der Waals surface area contributed by atoms with Gasteiger partial charge in [-0.1, -0.05) is 53.2 Å². The van der Waals surface area contributed by atoms with Gasteiger partial charge in [0.2, 0.25) is 0 Å². The van der Waals surface area contributed by atoms with Gasteiger partial charge in [-0.15, -0.1) is 0 Å².